The number of methoxy groups -OCH3 is 1. The van der Waals surface area contributed by atoms with Crippen molar-refractivity contribution in [1.29, 1.82) is 0 Å². The lowest BCUT2D eigenvalue weighted by molar-refractivity contribution is -0.137. The van der Waals surface area contributed by atoms with Gasteiger partial charge in [0.2, 0.25) is 11.8 Å². The first-order chi connectivity index (χ1) is 32.3. The summed E-state index contributed by atoms with van der Waals surface area (Å²) in [6.07, 6.45) is 6.30. The van der Waals surface area contributed by atoms with Crippen molar-refractivity contribution in [3.05, 3.63) is 77.1 Å². The molecule has 14 nitrogen and oxygen atoms in total. The summed E-state index contributed by atoms with van der Waals surface area (Å²) >= 11 is 0. The Kier molecular flexibility index (Phi) is 17.4. The largest absolute Gasteiger partial charge is 0.506 e. The summed E-state index contributed by atoms with van der Waals surface area (Å²) in [5, 5.41) is 13.2. The van der Waals surface area contributed by atoms with Gasteiger partial charge in [0.25, 0.3) is 5.91 Å². The van der Waals surface area contributed by atoms with Crippen LogP contribution in [0.1, 0.15) is 101 Å². The lowest BCUT2D eigenvalue weighted by Crippen LogP contribution is -2.61. The van der Waals surface area contributed by atoms with Gasteiger partial charge in [0.05, 0.1) is 29.9 Å². The van der Waals surface area contributed by atoms with Crippen LogP contribution in [0.3, 0.4) is 0 Å². The van der Waals surface area contributed by atoms with Crippen LogP contribution in [0.2, 0.25) is 0 Å². The molecule has 0 bridgehead atoms. The number of para-hydroxylation sites is 2. The Morgan fingerprint density at radius 1 is 0.866 bits per heavy atom. The van der Waals surface area contributed by atoms with Crippen LogP contribution in [0.15, 0.2) is 54.6 Å². The predicted octanol–water partition coefficient (Wildman–Crippen LogP) is 6.69. The van der Waals surface area contributed by atoms with Crippen LogP contribution in [0, 0.1) is 23.1 Å². The third kappa shape index (κ3) is 11.1. The van der Waals surface area contributed by atoms with E-state index in [4.69, 9.17) is 9.53 Å². The molecule has 5 aliphatic heterocycles. The monoisotopic (exact) mass is 926 g/mol. The number of ether oxygens (including phenoxy) is 1. The number of fused-ring (bicyclic) bond motifs is 1. The first-order valence-corrected chi connectivity index (χ1v) is 24.3. The standard InChI is InChI=1S/C48H62FN7O6.C2H4O.C2H6/c1-48(2)44(56(47(48)61)39-8-5-6-10-42(39)58)37-27-38(49)41(28-43(37)62-4)54-19-15-33(16-20-54)30-52-23-21-51(22-24-52)29-32-13-17-53(18-14-32)35-11-12-36-34(26-35)31-55(46(36)60)40(9-7-25-57)45(59)50-3;1-2-3;1-2/h5-6,8,10-12,25-28,32-33,40,44,58H,7,9,13-24,29-31H2,1-4H3,(H,50,59);2H,1H3;1-2H3. The molecule has 67 heavy (non-hydrogen) atoms. The number of piperidine rings is 2. The molecule has 0 radical (unpaired) electrons. The topological polar surface area (TPSA) is 146 Å². The number of halogens is 1. The molecule has 4 fully saturated rings. The minimum absolute atomic E-state index is 0.00295. The van der Waals surface area contributed by atoms with Crippen molar-refractivity contribution < 1.29 is 38.2 Å². The smallest absolute Gasteiger partial charge is 0.255 e. The van der Waals surface area contributed by atoms with E-state index >= 15 is 4.39 Å². The zero-order chi connectivity index (χ0) is 48.4. The molecule has 8 rings (SSSR count). The first-order valence-electron chi connectivity index (χ1n) is 24.3. The number of carbonyl (C=O) groups excluding carboxylic acids is 5. The van der Waals surface area contributed by atoms with Crippen molar-refractivity contribution in [2.45, 2.75) is 91.8 Å². The molecule has 364 valence electrons. The van der Waals surface area contributed by atoms with Gasteiger partial charge in [-0.25, -0.2) is 4.39 Å². The number of piperazine rings is 1. The number of amides is 3. The van der Waals surface area contributed by atoms with E-state index in [1.165, 1.54) is 13.0 Å². The molecule has 0 aromatic heterocycles. The fraction of sp³-hybridized carbons (Fsp3) is 0.558. The molecule has 5 aliphatic rings. The predicted molar refractivity (Wildman–Crippen MR) is 260 cm³/mol. The molecule has 0 spiro atoms. The average molecular weight is 926 g/mol. The highest BCUT2D eigenvalue weighted by atomic mass is 19.1. The molecule has 3 amide bonds. The molecule has 3 aromatic carbocycles. The number of β-lactam (4-membered cyclic amide) rings is 1. The Balaban J connectivity index is 0.00000142. The Morgan fingerprint density at radius 2 is 1.45 bits per heavy atom. The van der Waals surface area contributed by atoms with Gasteiger partial charge in [-0.1, -0.05) is 26.0 Å². The highest BCUT2D eigenvalue weighted by molar-refractivity contribution is 6.07. The van der Waals surface area contributed by atoms with Gasteiger partial charge >= 0.3 is 0 Å². The highest BCUT2D eigenvalue weighted by Crippen LogP contribution is 2.55. The second-order valence-corrected chi connectivity index (χ2v) is 18.7. The van der Waals surface area contributed by atoms with Crippen LogP contribution in [-0.2, 0) is 25.7 Å². The minimum Gasteiger partial charge on any atom is -0.506 e. The average Bonchev–Trinajstić information content (AvgIpc) is 3.67. The summed E-state index contributed by atoms with van der Waals surface area (Å²) in [5.74, 6) is 0.873. The third-order valence-electron chi connectivity index (χ3n) is 14.3. The minimum atomic E-state index is -0.798. The number of rotatable bonds is 14. The van der Waals surface area contributed by atoms with E-state index in [9.17, 15) is 24.3 Å². The zero-order valence-corrected chi connectivity index (χ0v) is 40.6. The molecule has 0 saturated carbocycles. The number of aromatic hydroxyl groups is 1. The fourth-order valence-electron chi connectivity index (χ4n) is 10.7. The molecule has 5 heterocycles. The number of nitrogens with one attached hydrogen (secondary N) is 1. The lowest BCUT2D eigenvalue weighted by atomic mass is 9.70. The van der Waals surface area contributed by atoms with Gasteiger partial charge in [-0.2, -0.15) is 0 Å². The zero-order valence-electron chi connectivity index (χ0n) is 40.6. The Bertz CT molecular complexity index is 2200. The second-order valence-electron chi connectivity index (χ2n) is 18.7. The number of hydrogen-bond donors (Lipinski definition) is 2. The van der Waals surface area contributed by atoms with E-state index in [1.807, 2.05) is 39.8 Å². The third-order valence-corrected chi connectivity index (χ3v) is 14.3. The number of benzene rings is 3. The van der Waals surface area contributed by atoms with Crippen molar-refractivity contribution in [1.82, 2.24) is 20.0 Å². The number of likely N-dealkylation sites (N-methyl/N-ethyl adjacent to an activating group) is 1. The number of aldehydes is 2. The molecular formula is C52H72FN7O7. The Morgan fingerprint density at radius 3 is 2.00 bits per heavy atom. The van der Waals surface area contributed by atoms with E-state index in [0.717, 1.165) is 115 Å². The quantitative estimate of drug-likeness (QED) is 0.132. The summed E-state index contributed by atoms with van der Waals surface area (Å²) in [7, 11) is 3.14. The van der Waals surface area contributed by atoms with Gasteiger partial charge in [0.15, 0.2) is 0 Å². The summed E-state index contributed by atoms with van der Waals surface area (Å²) in [6.45, 7) is 19.4. The number of nitrogens with zero attached hydrogens (tertiary/aromatic N) is 6. The van der Waals surface area contributed by atoms with Gasteiger partial charge in [0, 0.05) is 108 Å². The number of phenolic OH excluding ortho intramolecular Hbond substituents is 1. The van der Waals surface area contributed by atoms with E-state index in [2.05, 4.69) is 31.0 Å². The number of phenols is 1. The van der Waals surface area contributed by atoms with Crippen LogP contribution in [0.25, 0.3) is 0 Å². The maximum Gasteiger partial charge on any atom is 0.255 e. The van der Waals surface area contributed by atoms with Gasteiger partial charge in [-0.15, -0.1) is 0 Å². The molecule has 2 unspecified atom stereocenters. The summed E-state index contributed by atoms with van der Waals surface area (Å²) in [4.78, 5) is 71.9. The molecular weight excluding hydrogens is 854 g/mol. The second kappa shape index (κ2) is 23.0. The van der Waals surface area contributed by atoms with Gasteiger partial charge < -0.3 is 49.2 Å². The van der Waals surface area contributed by atoms with Crippen molar-refractivity contribution in [3.63, 3.8) is 0 Å². The van der Waals surface area contributed by atoms with E-state index < -0.39 is 17.5 Å². The highest BCUT2D eigenvalue weighted by Gasteiger charge is 2.57. The van der Waals surface area contributed by atoms with Crippen LogP contribution in [0.5, 0.6) is 11.5 Å². The van der Waals surface area contributed by atoms with Crippen molar-refractivity contribution >= 4 is 47.4 Å². The van der Waals surface area contributed by atoms with E-state index in [0.29, 0.717) is 53.1 Å². The summed E-state index contributed by atoms with van der Waals surface area (Å²) in [6, 6.07) is 14.9. The molecule has 4 saturated heterocycles. The van der Waals surface area contributed by atoms with Crippen molar-refractivity contribution in [2.24, 2.45) is 17.3 Å². The van der Waals surface area contributed by atoms with Crippen LogP contribution in [0.4, 0.5) is 21.5 Å². The van der Waals surface area contributed by atoms with Gasteiger partial charge in [0.1, 0.15) is 35.9 Å². The Hall–Kier alpha value is -5.54. The van der Waals surface area contributed by atoms with Crippen molar-refractivity contribution in [3.8, 4) is 11.5 Å². The Labute approximate surface area is 396 Å². The maximum atomic E-state index is 16.1. The van der Waals surface area contributed by atoms with Crippen LogP contribution < -0.4 is 24.8 Å². The maximum absolute atomic E-state index is 16.1. The molecule has 3 aromatic rings. The molecule has 2 atom stereocenters. The van der Waals surface area contributed by atoms with Crippen LogP contribution in [-0.4, -0.2) is 136 Å². The molecule has 0 aliphatic carbocycles. The van der Waals surface area contributed by atoms with E-state index in [1.54, 1.807) is 54.3 Å². The SMILES string of the molecule is CC.CC=O.CNC(=O)C(CCC=O)N1Cc2cc(N3CCC(CN4CCN(CC5CCN(c6cc(OC)c(C7N(c8ccccc8O)C(=O)C7(C)C)cc6F)CC5)CC4)CC3)ccc2C1=O. The summed E-state index contributed by atoms with van der Waals surface area (Å²) in [5.41, 5.74) is 3.41. The van der Waals surface area contributed by atoms with Gasteiger partial charge in [-0.3, -0.25) is 19.3 Å². The van der Waals surface area contributed by atoms with Gasteiger partial charge in [-0.05, 0) is 107 Å². The first kappa shape index (κ1) is 50.9. The summed E-state index contributed by atoms with van der Waals surface area (Å²) < 4.78 is 21.9. The number of anilines is 3. The van der Waals surface area contributed by atoms with Crippen LogP contribution >= 0.6 is 0 Å². The lowest BCUT2D eigenvalue weighted by Gasteiger charge is -2.53. The normalized spacial score (nSPS) is 20.4. The number of hydrogen-bond acceptors (Lipinski definition) is 11. The molecule has 15 heteroatoms. The fourth-order valence-corrected chi connectivity index (χ4v) is 10.7. The number of carbonyl (C=O) groups is 5. The van der Waals surface area contributed by atoms with Crippen molar-refractivity contribution in [2.75, 3.05) is 94.3 Å². The molecule has 2 N–H and O–H groups in total. The van der Waals surface area contributed by atoms with E-state index in [-0.39, 0.29) is 35.7 Å².